The van der Waals surface area contributed by atoms with Gasteiger partial charge >= 0.3 is 6.03 Å². The van der Waals surface area contributed by atoms with Crippen LogP contribution in [0.5, 0.6) is 0 Å². The van der Waals surface area contributed by atoms with Crippen molar-refractivity contribution in [1.29, 1.82) is 0 Å². The molecule has 26 heavy (non-hydrogen) atoms. The summed E-state index contributed by atoms with van der Waals surface area (Å²) in [5, 5.41) is 2.47. The van der Waals surface area contributed by atoms with E-state index in [0.717, 1.165) is 12.8 Å². The summed E-state index contributed by atoms with van der Waals surface area (Å²) in [4.78, 5) is 19.7. The lowest BCUT2D eigenvalue weighted by Crippen LogP contribution is -2.33. The van der Waals surface area contributed by atoms with Crippen LogP contribution in [0.1, 0.15) is 31.4 Å². The molecular formula is C17H21N5O3S. The van der Waals surface area contributed by atoms with Crippen LogP contribution in [0.2, 0.25) is 0 Å². The third kappa shape index (κ3) is 3.34. The van der Waals surface area contributed by atoms with Crippen LogP contribution < -0.4 is 16.8 Å². The van der Waals surface area contributed by atoms with Crippen LogP contribution in [0, 0.1) is 0 Å². The third-order valence-corrected chi connectivity index (χ3v) is 6.78. The quantitative estimate of drug-likeness (QED) is 0.746. The number of benzene rings is 1. The van der Waals surface area contributed by atoms with Gasteiger partial charge in [0.2, 0.25) is 0 Å². The maximum Gasteiger partial charge on any atom is 0.316 e. The summed E-state index contributed by atoms with van der Waals surface area (Å²) in [5.74, 6) is 0.569. The van der Waals surface area contributed by atoms with E-state index >= 15 is 0 Å². The van der Waals surface area contributed by atoms with Crippen molar-refractivity contribution < 1.29 is 13.2 Å². The van der Waals surface area contributed by atoms with E-state index in [2.05, 4.69) is 15.3 Å². The van der Waals surface area contributed by atoms with Crippen molar-refractivity contribution in [3.8, 4) is 11.4 Å². The number of nitrogen functional groups attached to an aromatic ring is 1. The molecule has 1 aromatic carbocycles. The largest absolute Gasteiger partial charge is 0.384 e. The predicted octanol–water partition coefficient (Wildman–Crippen LogP) is 2.03. The molecule has 5 N–H and O–H groups in total. The number of carbonyl (C=O) groups is 1. The molecule has 1 heterocycles. The van der Waals surface area contributed by atoms with Crippen LogP contribution in [-0.2, 0) is 14.6 Å². The Morgan fingerprint density at radius 2 is 1.77 bits per heavy atom. The number of urea groups is 1. The zero-order valence-corrected chi connectivity index (χ0v) is 15.2. The average Bonchev–Trinajstić information content (AvgIpc) is 3.05. The van der Waals surface area contributed by atoms with Crippen LogP contribution in [-0.4, -0.2) is 30.7 Å². The highest BCUT2D eigenvalue weighted by Gasteiger charge is 2.46. The topological polar surface area (TPSA) is 141 Å². The molecule has 0 atom stereocenters. The van der Waals surface area contributed by atoms with Crippen molar-refractivity contribution in [2.24, 2.45) is 5.73 Å². The molecule has 2 aromatic rings. The molecule has 1 aromatic heterocycles. The second-order valence-corrected chi connectivity index (χ2v) is 8.87. The number of rotatable bonds is 4. The molecule has 0 unspecified atom stereocenters. The van der Waals surface area contributed by atoms with Gasteiger partial charge in [-0.2, -0.15) is 0 Å². The van der Waals surface area contributed by atoms with E-state index in [1.54, 1.807) is 30.3 Å². The molecule has 0 bridgehead atoms. The van der Waals surface area contributed by atoms with E-state index in [4.69, 9.17) is 11.5 Å². The van der Waals surface area contributed by atoms with Gasteiger partial charge in [0.15, 0.2) is 15.7 Å². The first kappa shape index (κ1) is 18.1. The van der Waals surface area contributed by atoms with Crippen molar-refractivity contribution in [3.63, 3.8) is 0 Å². The summed E-state index contributed by atoms with van der Waals surface area (Å²) < 4.78 is 24.0. The molecule has 2 amide bonds. The molecule has 1 aliphatic rings. The van der Waals surface area contributed by atoms with Crippen molar-refractivity contribution in [1.82, 2.24) is 9.97 Å². The SMILES string of the molecule is CS(=O)(=O)C1(c2cc(N)nc(-c3ccc(NC(N)=O)cc3)n2)CCCC1. The lowest BCUT2D eigenvalue weighted by molar-refractivity contribution is 0.259. The fourth-order valence-corrected chi connectivity index (χ4v) is 4.95. The number of anilines is 2. The normalized spacial score (nSPS) is 16.3. The van der Waals surface area contributed by atoms with Gasteiger partial charge < -0.3 is 16.8 Å². The fourth-order valence-electron chi connectivity index (χ4n) is 3.44. The van der Waals surface area contributed by atoms with Gasteiger partial charge in [-0.15, -0.1) is 0 Å². The van der Waals surface area contributed by atoms with Crippen LogP contribution in [0.15, 0.2) is 30.3 Å². The molecule has 0 saturated heterocycles. The highest BCUT2D eigenvalue weighted by Crippen LogP contribution is 2.45. The van der Waals surface area contributed by atoms with Crippen LogP contribution in [0.4, 0.5) is 16.3 Å². The Morgan fingerprint density at radius 1 is 1.15 bits per heavy atom. The molecular weight excluding hydrogens is 354 g/mol. The Bertz CT molecular complexity index is 935. The molecule has 138 valence electrons. The van der Waals surface area contributed by atoms with E-state index in [0.29, 0.717) is 35.6 Å². The van der Waals surface area contributed by atoms with Crippen molar-refractivity contribution in [3.05, 3.63) is 36.0 Å². The monoisotopic (exact) mass is 375 g/mol. The number of sulfone groups is 1. The van der Waals surface area contributed by atoms with E-state index in [1.807, 2.05) is 0 Å². The van der Waals surface area contributed by atoms with Gasteiger partial charge in [0.05, 0.1) is 5.69 Å². The zero-order chi connectivity index (χ0) is 18.9. The average molecular weight is 375 g/mol. The maximum atomic E-state index is 12.5. The zero-order valence-electron chi connectivity index (χ0n) is 14.4. The lowest BCUT2D eigenvalue weighted by atomic mass is 10.0. The summed E-state index contributed by atoms with van der Waals surface area (Å²) in [5.41, 5.74) is 12.7. The summed E-state index contributed by atoms with van der Waals surface area (Å²) >= 11 is 0. The summed E-state index contributed by atoms with van der Waals surface area (Å²) in [6, 6.07) is 7.65. The number of nitrogens with two attached hydrogens (primary N) is 2. The first-order chi connectivity index (χ1) is 12.2. The summed E-state index contributed by atoms with van der Waals surface area (Å²) in [6.07, 6.45) is 3.98. The standard InChI is InChI=1S/C17H21N5O3S/c1-26(24,25)17(8-2-3-9-17)13-10-14(18)22-15(21-13)11-4-6-12(7-5-11)20-16(19)23/h4-7,10H,2-3,8-9H2,1H3,(H2,18,21,22)(H3,19,20,23). The van der Waals surface area contributed by atoms with Crippen LogP contribution in [0.25, 0.3) is 11.4 Å². The number of aromatic nitrogens is 2. The maximum absolute atomic E-state index is 12.5. The smallest absolute Gasteiger partial charge is 0.316 e. The molecule has 9 heteroatoms. The Hall–Kier alpha value is -2.68. The minimum absolute atomic E-state index is 0.222. The second kappa shape index (κ2) is 6.56. The third-order valence-electron chi connectivity index (χ3n) is 4.74. The number of primary amides is 1. The summed E-state index contributed by atoms with van der Waals surface area (Å²) in [7, 11) is -3.36. The van der Waals surface area contributed by atoms with Gasteiger partial charge in [-0.05, 0) is 37.1 Å². The number of nitrogens with zero attached hydrogens (tertiary/aromatic N) is 2. The Labute approximate surface area is 151 Å². The number of hydrogen-bond acceptors (Lipinski definition) is 6. The van der Waals surface area contributed by atoms with Gasteiger partial charge in [0.1, 0.15) is 10.6 Å². The number of amides is 2. The molecule has 3 rings (SSSR count). The second-order valence-electron chi connectivity index (χ2n) is 6.54. The number of hydrogen-bond donors (Lipinski definition) is 3. The molecule has 0 radical (unpaired) electrons. The van der Waals surface area contributed by atoms with E-state index in [-0.39, 0.29) is 5.82 Å². The Morgan fingerprint density at radius 3 is 2.31 bits per heavy atom. The molecule has 0 aliphatic heterocycles. The first-order valence-electron chi connectivity index (χ1n) is 8.23. The van der Waals surface area contributed by atoms with E-state index in [9.17, 15) is 13.2 Å². The minimum Gasteiger partial charge on any atom is -0.384 e. The molecule has 1 saturated carbocycles. The lowest BCUT2D eigenvalue weighted by Gasteiger charge is -2.26. The van der Waals surface area contributed by atoms with E-state index < -0.39 is 20.6 Å². The van der Waals surface area contributed by atoms with E-state index in [1.165, 1.54) is 6.26 Å². The Kier molecular flexibility index (Phi) is 4.57. The minimum atomic E-state index is -3.36. The predicted molar refractivity (Wildman–Crippen MR) is 100 cm³/mol. The first-order valence-corrected chi connectivity index (χ1v) is 10.1. The number of nitrogens with one attached hydrogen (secondary N) is 1. The van der Waals surface area contributed by atoms with Gasteiger partial charge in [0, 0.05) is 23.6 Å². The van der Waals surface area contributed by atoms with Crippen LogP contribution in [0.3, 0.4) is 0 Å². The summed E-state index contributed by atoms with van der Waals surface area (Å²) in [6.45, 7) is 0. The van der Waals surface area contributed by atoms with Gasteiger partial charge in [0.25, 0.3) is 0 Å². The molecule has 8 nitrogen and oxygen atoms in total. The molecule has 0 spiro atoms. The highest BCUT2D eigenvalue weighted by molar-refractivity contribution is 7.91. The highest BCUT2D eigenvalue weighted by atomic mass is 32.2. The van der Waals surface area contributed by atoms with Gasteiger partial charge in [-0.1, -0.05) is 12.8 Å². The molecule has 1 aliphatic carbocycles. The Balaban J connectivity index is 2.04. The molecule has 1 fully saturated rings. The van der Waals surface area contributed by atoms with Crippen molar-refractivity contribution >= 4 is 27.4 Å². The van der Waals surface area contributed by atoms with Crippen LogP contribution >= 0.6 is 0 Å². The van der Waals surface area contributed by atoms with Gasteiger partial charge in [-0.25, -0.2) is 23.2 Å². The number of carbonyl (C=O) groups excluding carboxylic acids is 1. The fraction of sp³-hybridized carbons (Fsp3) is 0.353. The van der Waals surface area contributed by atoms with Crippen molar-refractivity contribution in [2.75, 3.05) is 17.3 Å². The van der Waals surface area contributed by atoms with Crippen molar-refractivity contribution in [2.45, 2.75) is 30.4 Å². The van der Waals surface area contributed by atoms with Gasteiger partial charge in [-0.3, -0.25) is 0 Å².